The summed E-state index contributed by atoms with van der Waals surface area (Å²) in [5.74, 6) is -4.70. The van der Waals surface area contributed by atoms with Gasteiger partial charge in [0.15, 0.2) is 0 Å². The number of carboxylic acids is 2. The van der Waals surface area contributed by atoms with E-state index < -0.39 is 23.8 Å². The number of aliphatic carboxylic acids is 2. The zero-order valence-electron chi connectivity index (χ0n) is 9.85. The number of piperidine rings is 1. The molecule has 2 heterocycles. The SMILES string of the molecule is O=C(O)C1CCN(C(=O)c2cscn2)CC1C(=O)O. The molecular formula is C11H12N2O5S. The monoisotopic (exact) mass is 284 g/mol. The van der Waals surface area contributed by atoms with Crippen LogP contribution in [0.5, 0.6) is 0 Å². The molecule has 2 unspecified atom stereocenters. The van der Waals surface area contributed by atoms with Crippen molar-refractivity contribution in [3.05, 3.63) is 16.6 Å². The number of rotatable bonds is 3. The summed E-state index contributed by atoms with van der Waals surface area (Å²) >= 11 is 1.28. The third-order valence-electron chi connectivity index (χ3n) is 3.19. The molecule has 1 amide bonds. The average molecular weight is 284 g/mol. The third kappa shape index (κ3) is 2.73. The van der Waals surface area contributed by atoms with Crippen molar-refractivity contribution in [1.29, 1.82) is 0 Å². The fourth-order valence-corrected chi connectivity index (χ4v) is 2.69. The lowest BCUT2D eigenvalue weighted by Crippen LogP contribution is -2.48. The summed E-state index contributed by atoms with van der Waals surface area (Å²) in [6.45, 7) is 0.139. The van der Waals surface area contributed by atoms with Crippen molar-refractivity contribution < 1.29 is 24.6 Å². The smallest absolute Gasteiger partial charge is 0.309 e. The second kappa shape index (κ2) is 5.35. The summed E-state index contributed by atoms with van der Waals surface area (Å²) in [6.07, 6.45) is 0.141. The Balaban J connectivity index is 2.13. The molecule has 0 bridgehead atoms. The minimum Gasteiger partial charge on any atom is -0.481 e. The Morgan fingerprint density at radius 1 is 1.26 bits per heavy atom. The van der Waals surface area contributed by atoms with E-state index in [1.54, 1.807) is 5.38 Å². The van der Waals surface area contributed by atoms with E-state index in [0.29, 0.717) is 0 Å². The van der Waals surface area contributed by atoms with Gasteiger partial charge in [-0.1, -0.05) is 0 Å². The van der Waals surface area contributed by atoms with Gasteiger partial charge in [-0.25, -0.2) is 4.98 Å². The zero-order chi connectivity index (χ0) is 14.0. The zero-order valence-corrected chi connectivity index (χ0v) is 10.7. The van der Waals surface area contributed by atoms with Crippen LogP contribution in [0.25, 0.3) is 0 Å². The standard InChI is InChI=1S/C11H12N2O5S/c14-9(8-4-19-5-12-8)13-2-1-6(10(15)16)7(3-13)11(17)18/h4-7H,1-3H2,(H,15,16)(H,17,18). The predicted octanol–water partition coefficient (Wildman–Crippen LogP) is 0.391. The highest BCUT2D eigenvalue weighted by Crippen LogP contribution is 2.25. The number of hydrogen-bond acceptors (Lipinski definition) is 5. The molecule has 8 heteroatoms. The third-order valence-corrected chi connectivity index (χ3v) is 3.77. The Kier molecular flexibility index (Phi) is 3.79. The molecule has 7 nitrogen and oxygen atoms in total. The summed E-state index contributed by atoms with van der Waals surface area (Å²) in [5.41, 5.74) is 1.79. The second-order valence-electron chi connectivity index (χ2n) is 4.30. The fraction of sp³-hybridized carbons (Fsp3) is 0.455. The number of amides is 1. The molecule has 2 rings (SSSR count). The molecule has 1 aliphatic rings. The molecule has 19 heavy (non-hydrogen) atoms. The van der Waals surface area contributed by atoms with Crippen molar-refractivity contribution in [1.82, 2.24) is 9.88 Å². The summed E-state index contributed by atoms with van der Waals surface area (Å²) in [7, 11) is 0. The minimum absolute atomic E-state index is 0.0946. The Morgan fingerprint density at radius 3 is 2.47 bits per heavy atom. The maximum Gasteiger partial charge on any atom is 0.309 e. The van der Waals surface area contributed by atoms with Gasteiger partial charge in [0.2, 0.25) is 0 Å². The first-order chi connectivity index (χ1) is 9.00. The predicted molar refractivity (Wildman–Crippen MR) is 64.9 cm³/mol. The largest absolute Gasteiger partial charge is 0.481 e. The first-order valence-corrected chi connectivity index (χ1v) is 6.58. The van der Waals surface area contributed by atoms with E-state index in [1.165, 1.54) is 21.7 Å². The number of nitrogens with zero attached hydrogens (tertiary/aromatic N) is 2. The van der Waals surface area contributed by atoms with Crippen LogP contribution in [0.1, 0.15) is 16.9 Å². The van der Waals surface area contributed by atoms with E-state index in [9.17, 15) is 14.4 Å². The lowest BCUT2D eigenvalue weighted by Gasteiger charge is -2.34. The van der Waals surface area contributed by atoms with Crippen LogP contribution in [0.2, 0.25) is 0 Å². The normalized spacial score (nSPS) is 23.1. The van der Waals surface area contributed by atoms with E-state index in [4.69, 9.17) is 10.2 Å². The van der Waals surface area contributed by atoms with Crippen LogP contribution in [0, 0.1) is 11.8 Å². The van der Waals surface area contributed by atoms with Crippen LogP contribution in [-0.4, -0.2) is 51.0 Å². The van der Waals surface area contributed by atoms with Crippen molar-refractivity contribution in [3.63, 3.8) is 0 Å². The number of carboxylic acid groups (broad SMARTS) is 2. The minimum atomic E-state index is -1.19. The van der Waals surface area contributed by atoms with Gasteiger partial charge in [-0.15, -0.1) is 11.3 Å². The summed E-state index contributed by atoms with van der Waals surface area (Å²) in [6, 6.07) is 0. The molecule has 1 aliphatic heterocycles. The molecule has 102 valence electrons. The molecule has 1 aromatic rings. The molecular weight excluding hydrogens is 272 g/mol. The van der Waals surface area contributed by atoms with Gasteiger partial charge in [-0.3, -0.25) is 14.4 Å². The Hall–Kier alpha value is -1.96. The highest BCUT2D eigenvalue weighted by molar-refractivity contribution is 7.07. The number of aromatic nitrogens is 1. The second-order valence-corrected chi connectivity index (χ2v) is 5.02. The molecule has 1 fully saturated rings. The number of hydrogen-bond donors (Lipinski definition) is 2. The Labute approximate surface area is 112 Å². The van der Waals surface area contributed by atoms with E-state index >= 15 is 0 Å². The lowest BCUT2D eigenvalue weighted by atomic mass is 9.85. The van der Waals surface area contributed by atoms with Gasteiger partial charge >= 0.3 is 11.9 Å². The van der Waals surface area contributed by atoms with Gasteiger partial charge in [-0.2, -0.15) is 0 Å². The number of carbonyl (C=O) groups is 3. The Morgan fingerprint density at radius 2 is 1.95 bits per heavy atom. The highest BCUT2D eigenvalue weighted by atomic mass is 32.1. The summed E-state index contributed by atoms with van der Waals surface area (Å²) in [4.78, 5) is 39.4. The molecule has 0 aliphatic carbocycles. The van der Waals surface area contributed by atoms with E-state index in [0.717, 1.165) is 0 Å². The van der Waals surface area contributed by atoms with Crippen LogP contribution in [0.3, 0.4) is 0 Å². The quantitative estimate of drug-likeness (QED) is 0.831. The van der Waals surface area contributed by atoms with Gasteiger partial charge < -0.3 is 15.1 Å². The van der Waals surface area contributed by atoms with E-state index in [-0.39, 0.29) is 31.1 Å². The van der Waals surface area contributed by atoms with Crippen molar-refractivity contribution in [2.75, 3.05) is 13.1 Å². The maximum absolute atomic E-state index is 12.0. The highest BCUT2D eigenvalue weighted by Gasteiger charge is 2.40. The fourth-order valence-electron chi connectivity index (χ4n) is 2.16. The topological polar surface area (TPSA) is 108 Å². The number of likely N-dealkylation sites (tertiary alicyclic amines) is 1. The van der Waals surface area contributed by atoms with Gasteiger partial charge in [0.25, 0.3) is 5.91 Å². The number of thiazole rings is 1. The molecule has 0 saturated carbocycles. The molecule has 0 aromatic carbocycles. The molecule has 0 spiro atoms. The number of carbonyl (C=O) groups excluding carboxylic acids is 1. The van der Waals surface area contributed by atoms with Crippen LogP contribution < -0.4 is 0 Å². The maximum atomic E-state index is 12.0. The van der Waals surface area contributed by atoms with Gasteiger partial charge in [0.1, 0.15) is 5.69 Å². The van der Waals surface area contributed by atoms with Crippen molar-refractivity contribution >= 4 is 29.2 Å². The van der Waals surface area contributed by atoms with Gasteiger partial charge in [0.05, 0.1) is 17.3 Å². The molecule has 2 N–H and O–H groups in total. The molecule has 1 saturated heterocycles. The van der Waals surface area contributed by atoms with Crippen LogP contribution in [-0.2, 0) is 9.59 Å². The molecule has 2 atom stereocenters. The van der Waals surface area contributed by atoms with Gasteiger partial charge in [0, 0.05) is 18.5 Å². The van der Waals surface area contributed by atoms with Gasteiger partial charge in [-0.05, 0) is 6.42 Å². The lowest BCUT2D eigenvalue weighted by molar-refractivity contribution is -0.156. The summed E-state index contributed by atoms with van der Waals surface area (Å²) in [5, 5.41) is 19.6. The van der Waals surface area contributed by atoms with Crippen LogP contribution in [0.15, 0.2) is 10.9 Å². The first-order valence-electron chi connectivity index (χ1n) is 5.63. The van der Waals surface area contributed by atoms with Crippen molar-refractivity contribution in [2.24, 2.45) is 11.8 Å². The van der Waals surface area contributed by atoms with Crippen LogP contribution >= 0.6 is 11.3 Å². The van der Waals surface area contributed by atoms with Crippen LogP contribution in [0.4, 0.5) is 0 Å². The average Bonchev–Trinajstić information content (AvgIpc) is 2.90. The van der Waals surface area contributed by atoms with E-state index in [2.05, 4.69) is 4.98 Å². The van der Waals surface area contributed by atoms with Crippen molar-refractivity contribution in [2.45, 2.75) is 6.42 Å². The van der Waals surface area contributed by atoms with E-state index in [1.807, 2.05) is 0 Å². The summed E-state index contributed by atoms with van der Waals surface area (Å²) < 4.78 is 0. The first kappa shape index (κ1) is 13.5. The molecule has 1 aromatic heterocycles. The van der Waals surface area contributed by atoms with Crippen molar-refractivity contribution in [3.8, 4) is 0 Å². The Bertz CT molecular complexity index is 501. The molecule has 0 radical (unpaired) electrons.